The SMILES string of the molecule is COc1cccc(CNC(=O)[C@@H](CC(C)C)N2C(=O)c3ccccc3C2=O)c1. The van der Waals surface area contributed by atoms with E-state index in [9.17, 15) is 14.4 Å². The topological polar surface area (TPSA) is 75.7 Å². The summed E-state index contributed by atoms with van der Waals surface area (Å²) in [5.41, 5.74) is 1.57. The number of amides is 3. The van der Waals surface area contributed by atoms with Crippen LogP contribution in [0.25, 0.3) is 0 Å². The molecule has 0 bridgehead atoms. The molecule has 2 aromatic carbocycles. The summed E-state index contributed by atoms with van der Waals surface area (Å²) in [6.07, 6.45) is 0.398. The van der Waals surface area contributed by atoms with Crippen molar-refractivity contribution < 1.29 is 19.1 Å². The molecule has 1 aliphatic heterocycles. The van der Waals surface area contributed by atoms with Crippen LogP contribution >= 0.6 is 0 Å². The van der Waals surface area contributed by atoms with Gasteiger partial charge in [0.25, 0.3) is 11.8 Å². The van der Waals surface area contributed by atoms with E-state index in [2.05, 4.69) is 5.32 Å². The van der Waals surface area contributed by atoms with Crippen molar-refractivity contribution in [3.8, 4) is 5.75 Å². The van der Waals surface area contributed by atoms with Crippen molar-refractivity contribution in [3.05, 3.63) is 65.2 Å². The molecule has 6 heteroatoms. The van der Waals surface area contributed by atoms with Crippen molar-refractivity contribution in [2.24, 2.45) is 5.92 Å². The number of fused-ring (bicyclic) bond motifs is 1. The summed E-state index contributed by atoms with van der Waals surface area (Å²) < 4.78 is 5.20. The molecule has 146 valence electrons. The van der Waals surface area contributed by atoms with Crippen LogP contribution in [0.5, 0.6) is 5.75 Å². The highest BCUT2D eigenvalue weighted by Gasteiger charge is 2.42. The number of ether oxygens (including phenoxy) is 1. The van der Waals surface area contributed by atoms with Gasteiger partial charge < -0.3 is 10.1 Å². The number of imide groups is 1. The molecule has 28 heavy (non-hydrogen) atoms. The molecule has 3 rings (SSSR count). The van der Waals surface area contributed by atoms with Crippen molar-refractivity contribution in [2.45, 2.75) is 32.9 Å². The van der Waals surface area contributed by atoms with Crippen LogP contribution in [0.2, 0.25) is 0 Å². The van der Waals surface area contributed by atoms with Crippen molar-refractivity contribution in [1.29, 1.82) is 0 Å². The second-order valence-corrected chi connectivity index (χ2v) is 7.24. The Morgan fingerprint density at radius 2 is 1.68 bits per heavy atom. The molecule has 1 heterocycles. The molecule has 0 aromatic heterocycles. The van der Waals surface area contributed by atoms with Gasteiger partial charge in [-0.3, -0.25) is 19.3 Å². The van der Waals surface area contributed by atoms with E-state index in [4.69, 9.17) is 4.74 Å². The molecule has 0 spiro atoms. The number of methoxy groups -OCH3 is 1. The largest absolute Gasteiger partial charge is 0.497 e. The van der Waals surface area contributed by atoms with Crippen molar-refractivity contribution in [2.75, 3.05) is 7.11 Å². The van der Waals surface area contributed by atoms with E-state index in [1.165, 1.54) is 0 Å². The number of benzene rings is 2. The molecule has 3 amide bonds. The molecule has 0 aliphatic carbocycles. The summed E-state index contributed by atoms with van der Waals surface area (Å²) in [6, 6.07) is 13.2. The van der Waals surface area contributed by atoms with Gasteiger partial charge in [0.15, 0.2) is 0 Å². The number of carbonyl (C=O) groups excluding carboxylic acids is 3. The van der Waals surface area contributed by atoms with Crippen LogP contribution in [0, 0.1) is 5.92 Å². The predicted molar refractivity (Wildman–Crippen MR) is 105 cm³/mol. The Kier molecular flexibility index (Phi) is 5.78. The minimum absolute atomic E-state index is 0.136. The first-order valence-corrected chi connectivity index (χ1v) is 9.30. The fourth-order valence-electron chi connectivity index (χ4n) is 3.36. The van der Waals surface area contributed by atoms with Gasteiger partial charge in [-0.15, -0.1) is 0 Å². The van der Waals surface area contributed by atoms with Gasteiger partial charge in [-0.05, 0) is 42.2 Å². The third-order valence-corrected chi connectivity index (χ3v) is 4.74. The highest BCUT2D eigenvalue weighted by atomic mass is 16.5. The van der Waals surface area contributed by atoms with E-state index in [-0.39, 0.29) is 18.4 Å². The maximum atomic E-state index is 12.9. The van der Waals surface area contributed by atoms with Gasteiger partial charge in [-0.1, -0.05) is 38.1 Å². The normalized spacial score (nSPS) is 14.2. The van der Waals surface area contributed by atoms with E-state index in [1.807, 2.05) is 38.1 Å². The Bertz CT molecular complexity index is 872. The van der Waals surface area contributed by atoms with Crippen LogP contribution in [0.15, 0.2) is 48.5 Å². The smallest absolute Gasteiger partial charge is 0.262 e. The lowest BCUT2D eigenvalue weighted by Gasteiger charge is -2.26. The summed E-state index contributed by atoms with van der Waals surface area (Å²) in [5.74, 6) is -0.334. The molecule has 0 fully saturated rings. The van der Waals surface area contributed by atoms with Crippen LogP contribution < -0.4 is 10.1 Å². The third-order valence-electron chi connectivity index (χ3n) is 4.74. The molecule has 0 radical (unpaired) electrons. The van der Waals surface area contributed by atoms with E-state index < -0.39 is 17.9 Å². The summed E-state index contributed by atoms with van der Waals surface area (Å²) in [5, 5.41) is 2.86. The molecular weight excluding hydrogens is 356 g/mol. The Hall–Kier alpha value is -3.15. The predicted octanol–water partition coefficient (Wildman–Crippen LogP) is 3.02. The van der Waals surface area contributed by atoms with Crippen LogP contribution in [0.4, 0.5) is 0 Å². The van der Waals surface area contributed by atoms with Crippen molar-refractivity contribution in [1.82, 2.24) is 10.2 Å². The summed E-state index contributed by atoms with van der Waals surface area (Å²) in [6.45, 7) is 4.20. The maximum Gasteiger partial charge on any atom is 0.262 e. The number of nitrogens with one attached hydrogen (secondary N) is 1. The number of nitrogens with zero attached hydrogens (tertiary/aromatic N) is 1. The second-order valence-electron chi connectivity index (χ2n) is 7.24. The first-order chi connectivity index (χ1) is 13.4. The Balaban J connectivity index is 1.79. The van der Waals surface area contributed by atoms with Crippen LogP contribution in [0.3, 0.4) is 0 Å². The van der Waals surface area contributed by atoms with Gasteiger partial charge in [0, 0.05) is 6.54 Å². The highest BCUT2D eigenvalue weighted by molar-refractivity contribution is 6.22. The van der Waals surface area contributed by atoms with Gasteiger partial charge in [-0.25, -0.2) is 0 Å². The summed E-state index contributed by atoms with van der Waals surface area (Å²) in [7, 11) is 1.58. The third kappa shape index (κ3) is 3.91. The highest BCUT2D eigenvalue weighted by Crippen LogP contribution is 2.27. The van der Waals surface area contributed by atoms with Crippen molar-refractivity contribution in [3.63, 3.8) is 0 Å². The molecular formula is C22H24N2O4. The van der Waals surface area contributed by atoms with Crippen molar-refractivity contribution >= 4 is 17.7 Å². The number of carbonyl (C=O) groups is 3. The van der Waals surface area contributed by atoms with Crippen LogP contribution in [0.1, 0.15) is 46.5 Å². The van der Waals surface area contributed by atoms with E-state index in [0.717, 1.165) is 10.5 Å². The Morgan fingerprint density at radius 3 is 2.25 bits per heavy atom. The Labute approximate surface area is 164 Å². The maximum absolute atomic E-state index is 12.9. The minimum atomic E-state index is -0.849. The first-order valence-electron chi connectivity index (χ1n) is 9.30. The lowest BCUT2D eigenvalue weighted by molar-refractivity contribution is -0.125. The molecule has 1 atom stereocenters. The standard InChI is InChI=1S/C22H24N2O4/c1-14(2)11-19(20(25)23-13-15-7-6-8-16(12-15)28-3)24-21(26)17-9-4-5-10-18(17)22(24)27/h4-10,12,14,19H,11,13H2,1-3H3,(H,23,25)/t19-/m1/s1. The van der Waals surface area contributed by atoms with Gasteiger partial charge in [0.1, 0.15) is 11.8 Å². The van der Waals surface area contributed by atoms with Crippen LogP contribution in [-0.2, 0) is 11.3 Å². The number of rotatable bonds is 7. The molecule has 1 N–H and O–H groups in total. The monoisotopic (exact) mass is 380 g/mol. The summed E-state index contributed by atoms with van der Waals surface area (Å²) >= 11 is 0. The minimum Gasteiger partial charge on any atom is -0.497 e. The molecule has 0 saturated heterocycles. The molecule has 0 unspecified atom stereocenters. The summed E-state index contributed by atoms with van der Waals surface area (Å²) in [4.78, 5) is 39.7. The van der Waals surface area contributed by atoms with Gasteiger partial charge in [-0.2, -0.15) is 0 Å². The van der Waals surface area contributed by atoms with Crippen LogP contribution in [-0.4, -0.2) is 35.8 Å². The number of hydrogen-bond acceptors (Lipinski definition) is 4. The average molecular weight is 380 g/mol. The van der Waals surface area contributed by atoms with E-state index in [0.29, 0.717) is 23.3 Å². The zero-order chi connectivity index (χ0) is 20.3. The lowest BCUT2D eigenvalue weighted by atomic mass is 10.0. The zero-order valence-electron chi connectivity index (χ0n) is 16.3. The lowest BCUT2D eigenvalue weighted by Crippen LogP contribution is -2.50. The number of hydrogen-bond donors (Lipinski definition) is 1. The van der Waals surface area contributed by atoms with E-state index >= 15 is 0 Å². The Morgan fingerprint density at radius 1 is 1.04 bits per heavy atom. The molecule has 0 saturated carbocycles. The zero-order valence-corrected chi connectivity index (χ0v) is 16.3. The molecule has 1 aliphatic rings. The van der Waals surface area contributed by atoms with Gasteiger partial charge >= 0.3 is 0 Å². The second kappa shape index (κ2) is 8.25. The fraction of sp³-hybridized carbons (Fsp3) is 0.318. The first kappa shape index (κ1) is 19.6. The van der Waals surface area contributed by atoms with E-state index in [1.54, 1.807) is 31.4 Å². The van der Waals surface area contributed by atoms with Gasteiger partial charge in [0.2, 0.25) is 5.91 Å². The molecule has 6 nitrogen and oxygen atoms in total. The quantitative estimate of drug-likeness (QED) is 0.749. The fourth-order valence-corrected chi connectivity index (χ4v) is 3.36. The molecule has 2 aromatic rings. The average Bonchev–Trinajstić information content (AvgIpc) is 2.95. The van der Waals surface area contributed by atoms with Gasteiger partial charge in [0.05, 0.1) is 18.2 Å².